The van der Waals surface area contributed by atoms with Gasteiger partial charge in [-0.3, -0.25) is 0 Å². The van der Waals surface area contributed by atoms with Crippen LogP contribution in [-0.2, 0) is 0 Å². The van der Waals surface area contributed by atoms with Crippen LogP contribution in [0.25, 0.3) is 0 Å². The van der Waals surface area contributed by atoms with Gasteiger partial charge < -0.3 is 14.8 Å². The Morgan fingerprint density at radius 2 is 2.06 bits per heavy atom. The molecule has 0 unspecified atom stereocenters. The molecule has 1 aliphatic heterocycles. The molecule has 2 rings (SSSR count). The zero-order valence-corrected chi connectivity index (χ0v) is 9.16. The maximum Gasteiger partial charge on any atom is 0.163 e. The van der Waals surface area contributed by atoms with E-state index in [4.69, 9.17) is 15.9 Å². The van der Waals surface area contributed by atoms with Crippen LogP contribution in [0.15, 0.2) is 18.2 Å². The number of fused-ring (bicyclic) bond motifs is 1. The number of rotatable bonds is 4. The molecule has 1 aliphatic rings. The van der Waals surface area contributed by atoms with Gasteiger partial charge in [0, 0.05) is 24.7 Å². The molecular formula is C13H15NO2. The predicted molar refractivity (Wildman–Crippen MR) is 64.0 cm³/mol. The highest BCUT2D eigenvalue weighted by molar-refractivity contribution is 5.55. The van der Waals surface area contributed by atoms with Gasteiger partial charge >= 0.3 is 0 Å². The van der Waals surface area contributed by atoms with Crippen molar-refractivity contribution in [2.45, 2.75) is 12.8 Å². The van der Waals surface area contributed by atoms with Crippen molar-refractivity contribution < 1.29 is 9.47 Å². The second kappa shape index (κ2) is 5.32. The van der Waals surface area contributed by atoms with E-state index in [0.717, 1.165) is 36.6 Å². The number of anilines is 1. The summed E-state index contributed by atoms with van der Waals surface area (Å²) in [6.45, 7) is 2.12. The summed E-state index contributed by atoms with van der Waals surface area (Å²) in [5, 5.41) is 3.30. The fourth-order valence-electron chi connectivity index (χ4n) is 1.58. The Balaban J connectivity index is 1.93. The summed E-state index contributed by atoms with van der Waals surface area (Å²) in [4.78, 5) is 0. The van der Waals surface area contributed by atoms with Crippen LogP contribution < -0.4 is 14.8 Å². The summed E-state index contributed by atoms with van der Waals surface area (Å²) in [5.74, 6) is 4.25. The molecule has 0 saturated heterocycles. The van der Waals surface area contributed by atoms with Gasteiger partial charge in [-0.25, -0.2) is 0 Å². The molecule has 3 nitrogen and oxygen atoms in total. The van der Waals surface area contributed by atoms with E-state index in [2.05, 4.69) is 11.2 Å². The van der Waals surface area contributed by atoms with Crippen LogP contribution in [0.4, 0.5) is 5.69 Å². The van der Waals surface area contributed by atoms with E-state index in [1.165, 1.54) is 0 Å². The molecule has 0 aromatic heterocycles. The standard InChI is InChI=1S/C13H15NO2/c1-2-3-4-7-14-11-5-6-12-13(10-11)16-9-8-15-12/h1,5-6,10,14H,3-4,7-9H2. The zero-order valence-electron chi connectivity index (χ0n) is 9.16. The quantitative estimate of drug-likeness (QED) is 0.620. The van der Waals surface area contributed by atoms with Crippen molar-refractivity contribution in [1.29, 1.82) is 0 Å². The van der Waals surface area contributed by atoms with Crippen molar-refractivity contribution in [3.8, 4) is 23.8 Å². The average Bonchev–Trinajstić information content (AvgIpc) is 2.34. The first-order valence-electron chi connectivity index (χ1n) is 5.47. The molecule has 0 aliphatic carbocycles. The van der Waals surface area contributed by atoms with Crippen molar-refractivity contribution in [2.75, 3.05) is 25.1 Å². The minimum Gasteiger partial charge on any atom is -0.486 e. The molecule has 1 N–H and O–H groups in total. The zero-order chi connectivity index (χ0) is 11.2. The van der Waals surface area contributed by atoms with Crippen molar-refractivity contribution in [2.24, 2.45) is 0 Å². The van der Waals surface area contributed by atoms with Gasteiger partial charge in [-0.2, -0.15) is 0 Å². The Morgan fingerprint density at radius 3 is 2.88 bits per heavy atom. The Bertz CT molecular complexity index is 395. The molecule has 1 heterocycles. The Hall–Kier alpha value is -1.82. The molecule has 1 aromatic carbocycles. The normalized spacial score (nSPS) is 12.9. The third kappa shape index (κ3) is 2.60. The first-order chi connectivity index (χ1) is 7.90. The van der Waals surface area contributed by atoms with Gasteiger partial charge in [0.1, 0.15) is 13.2 Å². The maximum atomic E-state index is 5.49. The molecular weight excluding hydrogens is 202 g/mol. The highest BCUT2D eigenvalue weighted by atomic mass is 16.6. The molecule has 0 bridgehead atoms. The summed E-state index contributed by atoms with van der Waals surface area (Å²) < 4.78 is 10.9. The van der Waals surface area contributed by atoms with E-state index < -0.39 is 0 Å². The van der Waals surface area contributed by atoms with Gasteiger partial charge in [-0.1, -0.05) is 0 Å². The average molecular weight is 217 g/mol. The van der Waals surface area contributed by atoms with Crippen molar-refractivity contribution in [1.82, 2.24) is 0 Å². The Morgan fingerprint density at radius 1 is 1.25 bits per heavy atom. The van der Waals surface area contributed by atoms with E-state index in [9.17, 15) is 0 Å². The van der Waals surface area contributed by atoms with Crippen molar-refractivity contribution >= 4 is 5.69 Å². The molecule has 0 atom stereocenters. The number of hydrogen-bond donors (Lipinski definition) is 1. The summed E-state index contributed by atoms with van der Waals surface area (Å²) in [6, 6.07) is 5.88. The molecule has 0 spiro atoms. The minimum atomic E-state index is 0.619. The SMILES string of the molecule is C#CCCCNc1ccc2c(c1)OCCO2. The summed E-state index contributed by atoms with van der Waals surface area (Å²) >= 11 is 0. The second-order valence-electron chi connectivity index (χ2n) is 3.59. The molecule has 16 heavy (non-hydrogen) atoms. The maximum absolute atomic E-state index is 5.49. The topological polar surface area (TPSA) is 30.5 Å². The van der Waals surface area contributed by atoms with Gasteiger partial charge in [0.15, 0.2) is 11.5 Å². The van der Waals surface area contributed by atoms with Gasteiger partial charge in [-0.15, -0.1) is 12.3 Å². The van der Waals surface area contributed by atoms with Crippen LogP contribution >= 0.6 is 0 Å². The number of terminal acetylenes is 1. The first kappa shape index (κ1) is 10.7. The minimum absolute atomic E-state index is 0.619. The fourth-order valence-corrected chi connectivity index (χ4v) is 1.58. The fraction of sp³-hybridized carbons (Fsp3) is 0.385. The van der Waals surface area contributed by atoms with Crippen molar-refractivity contribution in [3.63, 3.8) is 0 Å². The van der Waals surface area contributed by atoms with E-state index in [1.807, 2.05) is 18.2 Å². The number of unbranched alkanes of at least 4 members (excludes halogenated alkanes) is 1. The highest BCUT2D eigenvalue weighted by Gasteiger charge is 2.11. The van der Waals surface area contributed by atoms with Crippen LogP contribution in [0.1, 0.15) is 12.8 Å². The third-order valence-corrected chi connectivity index (χ3v) is 2.37. The summed E-state index contributed by atoms with van der Waals surface area (Å²) in [7, 11) is 0. The number of hydrogen-bond acceptors (Lipinski definition) is 3. The highest BCUT2D eigenvalue weighted by Crippen LogP contribution is 2.32. The second-order valence-corrected chi connectivity index (χ2v) is 3.59. The largest absolute Gasteiger partial charge is 0.486 e. The van der Waals surface area contributed by atoms with Crippen LogP contribution in [0.3, 0.4) is 0 Å². The summed E-state index contributed by atoms with van der Waals surface area (Å²) in [5.41, 5.74) is 1.04. The van der Waals surface area contributed by atoms with Crippen LogP contribution in [0, 0.1) is 12.3 Å². The lowest BCUT2D eigenvalue weighted by Gasteiger charge is -2.19. The third-order valence-electron chi connectivity index (χ3n) is 2.37. The lowest BCUT2D eigenvalue weighted by Crippen LogP contribution is -2.15. The number of ether oxygens (including phenoxy) is 2. The predicted octanol–water partition coefficient (Wildman–Crippen LogP) is 2.28. The van der Waals surface area contributed by atoms with E-state index in [-0.39, 0.29) is 0 Å². The van der Waals surface area contributed by atoms with Gasteiger partial charge in [0.25, 0.3) is 0 Å². The van der Waals surface area contributed by atoms with Crippen LogP contribution in [-0.4, -0.2) is 19.8 Å². The molecule has 0 fully saturated rings. The van der Waals surface area contributed by atoms with Gasteiger partial charge in [-0.05, 0) is 18.6 Å². The molecule has 0 amide bonds. The van der Waals surface area contributed by atoms with E-state index in [0.29, 0.717) is 13.2 Å². The Labute approximate surface area is 95.8 Å². The number of benzene rings is 1. The summed E-state index contributed by atoms with van der Waals surface area (Å²) in [6.07, 6.45) is 6.97. The first-order valence-corrected chi connectivity index (χ1v) is 5.47. The molecule has 3 heteroatoms. The lowest BCUT2D eigenvalue weighted by molar-refractivity contribution is 0.171. The van der Waals surface area contributed by atoms with Crippen LogP contribution in [0.2, 0.25) is 0 Å². The van der Waals surface area contributed by atoms with Gasteiger partial charge in [0.05, 0.1) is 0 Å². The molecule has 84 valence electrons. The Kier molecular flexibility index (Phi) is 3.55. The lowest BCUT2D eigenvalue weighted by atomic mass is 10.2. The van der Waals surface area contributed by atoms with Gasteiger partial charge in [0.2, 0.25) is 0 Å². The van der Waals surface area contributed by atoms with Crippen molar-refractivity contribution in [3.05, 3.63) is 18.2 Å². The van der Waals surface area contributed by atoms with E-state index in [1.54, 1.807) is 0 Å². The van der Waals surface area contributed by atoms with Crippen LogP contribution in [0.5, 0.6) is 11.5 Å². The molecule has 0 saturated carbocycles. The smallest absolute Gasteiger partial charge is 0.163 e. The van der Waals surface area contributed by atoms with E-state index >= 15 is 0 Å². The monoisotopic (exact) mass is 217 g/mol. The molecule has 0 radical (unpaired) electrons. The number of nitrogens with one attached hydrogen (secondary N) is 1. The molecule has 1 aromatic rings.